The Morgan fingerprint density at radius 1 is 1.04 bits per heavy atom. The summed E-state index contributed by atoms with van der Waals surface area (Å²) in [5, 5.41) is 8.96. The third kappa shape index (κ3) is 4.54. The molecule has 0 saturated carbocycles. The van der Waals surface area contributed by atoms with Crippen LogP contribution in [0.3, 0.4) is 0 Å². The summed E-state index contributed by atoms with van der Waals surface area (Å²) in [7, 11) is 0. The van der Waals surface area contributed by atoms with Gasteiger partial charge in [0.15, 0.2) is 0 Å². The first-order valence-electron chi connectivity index (χ1n) is 6.51. The highest BCUT2D eigenvalue weighted by Crippen LogP contribution is 2.37. The van der Waals surface area contributed by atoms with Crippen molar-refractivity contribution in [1.29, 1.82) is 5.26 Å². The van der Waals surface area contributed by atoms with Crippen LogP contribution in [0.25, 0.3) is 0 Å². The van der Waals surface area contributed by atoms with Gasteiger partial charge in [-0.25, -0.2) is 0 Å². The van der Waals surface area contributed by atoms with Crippen molar-refractivity contribution >= 4 is 23.2 Å². The van der Waals surface area contributed by atoms with Crippen LogP contribution in [0.1, 0.15) is 17.5 Å². The number of hydrogen-bond acceptors (Lipinski definition) is 2. The van der Waals surface area contributed by atoms with Crippen LogP contribution in [-0.2, 0) is 12.6 Å². The molecular formula is C16H10Cl2F3NO. The molecule has 0 amide bonds. The highest BCUT2D eigenvalue weighted by Gasteiger charge is 2.31. The zero-order valence-electron chi connectivity index (χ0n) is 11.6. The van der Waals surface area contributed by atoms with Crippen molar-refractivity contribution in [3.63, 3.8) is 0 Å². The molecule has 7 heteroatoms. The fraction of sp³-hybridized carbons (Fsp3) is 0.188. The van der Waals surface area contributed by atoms with Gasteiger partial charge in [0.2, 0.25) is 0 Å². The smallest absolute Gasteiger partial charge is 0.416 e. The Balaban J connectivity index is 2.24. The predicted molar refractivity (Wildman–Crippen MR) is 81.9 cm³/mol. The molecule has 2 aromatic rings. The zero-order chi connectivity index (χ0) is 17.0. The maximum absolute atomic E-state index is 12.6. The van der Waals surface area contributed by atoms with Crippen LogP contribution >= 0.6 is 23.2 Å². The van der Waals surface area contributed by atoms with E-state index in [-0.39, 0.29) is 10.8 Å². The van der Waals surface area contributed by atoms with Gasteiger partial charge in [0, 0.05) is 11.4 Å². The Hall–Kier alpha value is -1.90. The van der Waals surface area contributed by atoms with E-state index in [1.807, 2.05) is 6.07 Å². The van der Waals surface area contributed by atoms with Gasteiger partial charge in [0.05, 0.1) is 16.7 Å². The zero-order valence-corrected chi connectivity index (χ0v) is 13.1. The van der Waals surface area contributed by atoms with Crippen molar-refractivity contribution in [3.8, 4) is 17.6 Å². The standard InChI is InChI=1S/C16H10Cl2F3NO/c17-13-5-4-12(8-10(13)2-1-7-22)23-15-6-3-11(9-14(15)18)16(19,20)21/h3-6,8-9H,1-2H2. The van der Waals surface area contributed by atoms with Crippen molar-refractivity contribution in [3.05, 3.63) is 57.6 Å². The Morgan fingerprint density at radius 3 is 2.39 bits per heavy atom. The monoisotopic (exact) mass is 359 g/mol. The molecule has 0 saturated heterocycles. The molecule has 0 aliphatic heterocycles. The summed E-state index contributed by atoms with van der Waals surface area (Å²) in [5.41, 5.74) is -0.130. The lowest BCUT2D eigenvalue weighted by molar-refractivity contribution is -0.137. The Bertz CT molecular complexity index is 754. The maximum Gasteiger partial charge on any atom is 0.416 e. The fourth-order valence-electron chi connectivity index (χ4n) is 1.88. The largest absolute Gasteiger partial charge is 0.456 e. The van der Waals surface area contributed by atoms with E-state index in [9.17, 15) is 13.2 Å². The van der Waals surface area contributed by atoms with Crippen LogP contribution < -0.4 is 4.74 Å². The van der Waals surface area contributed by atoms with E-state index in [0.717, 1.165) is 18.2 Å². The number of halogens is 5. The molecule has 0 heterocycles. The minimum absolute atomic E-state index is 0.105. The molecule has 0 spiro atoms. The summed E-state index contributed by atoms with van der Waals surface area (Å²) < 4.78 is 43.3. The summed E-state index contributed by atoms with van der Waals surface area (Å²) in [4.78, 5) is 0. The molecule has 120 valence electrons. The lowest BCUT2D eigenvalue weighted by atomic mass is 10.1. The molecule has 2 aromatic carbocycles. The lowest BCUT2D eigenvalue weighted by Gasteiger charge is -2.12. The third-order valence-corrected chi connectivity index (χ3v) is 3.67. The van der Waals surface area contributed by atoms with E-state index in [1.54, 1.807) is 18.2 Å². The molecule has 0 unspecified atom stereocenters. The van der Waals surface area contributed by atoms with Crippen molar-refractivity contribution in [1.82, 2.24) is 0 Å². The Labute approximate surface area is 141 Å². The van der Waals surface area contributed by atoms with Gasteiger partial charge < -0.3 is 4.74 Å². The molecule has 0 atom stereocenters. The molecule has 0 N–H and O–H groups in total. The molecule has 0 bridgehead atoms. The van der Waals surface area contributed by atoms with Gasteiger partial charge >= 0.3 is 6.18 Å². The third-order valence-electron chi connectivity index (χ3n) is 3.01. The van der Waals surface area contributed by atoms with Crippen LogP contribution in [0.15, 0.2) is 36.4 Å². The van der Waals surface area contributed by atoms with Crippen LogP contribution in [0.5, 0.6) is 11.5 Å². The Morgan fingerprint density at radius 2 is 1.78 bits per heavy atom. The van der Waals surface area contributed by atoms with Crippen molar-refractivity contribution in [2.24, 2.45) is 0 Å². The van der Waals surface area contributed by atoms with Gasteiger partial charge in [0.1, 0.15) is 11.5 Å². The second-order valence-corrected chi connectivity index (χ2v) is 5.47. The number of ether oxygens (including phenoxy) is 1. The van der Waals surface area contributed by atoms with Crippen molar-refractivity contribution in [2.45, 2.75) is 19.0 Å². The number of hydrogen-bond donors (Lipinski definition) is 0. The number of aryl methyl sites for hydroxylation is 1. The van der Waals surface area contributed by atoms with Gasteiger partial charge in [-0.3, -0.25) is 0 Å². The van der Waals surface area contributed by atoms with Gasteiger partial charge in [0.25, 0.3) is 0 Å². The van der Waals surface area contributed by atoms with Gasteiger partial charge in [-0.1, -0.05) is 23.2 Å². The minimum atomic E-state index is -4.47. The number of rotatable bonds is 4. The van der Waals surface area contributed by atoms with Gasteiger partial charge in [-0.2, -0.15) is 18.4 Å². The van der Waals surface area contributed by atoms with E-state index >= 15 is 0 Å². The molecular weight excluding hydrogens is 350 g/mol. The van der Waals surface area contributed by atoms with E-state index in [0.29, 0.717) is 29.2 Å². The predicted octanol–water partition coefficient (Wildman–Crippen LogP) is 6.26. The van der Waals surface area contributed by atoms with Crippen molar-refractivity contribution < 1.29 is 17.9 Å². The average molecular weight is 360 g/mol. The number of alkyl halides is 3. The van der Waals surface area contributed by atoms with Crippen LogP contribution in [0.4, 0.5) is 13.2 Å². The number of nitriles is 1. The summed E-state index contributed by atoms with van der Waals surface area (Å²) in [6.07, 6.45) is -3.72. The van der Waals surface area contributed by atoms with E-state index < -0.39 is 11.7 Å². The summed E-state index contributed by atoms with van der Waals surface area (Å²) in [6, 6.07) is 9.69. The lowest BCUT2D eigenvalue weighted by Crippen LogP contribution is -2.04. The molecule has 0 radical (unpaired) electrons. The quantitative estimate of drug-likeness (QED) is 0.645. The molecule has 23 heavy (non-hydrogen) atoms. The number of nitrogens with zero attached hydrogens (tertiary/aromatic N) is 1. The second kappa shape index (κ2) is 7.12. The number of benzene rings is 2. The molecule has 0 aliphatic carbocycles. The highest BCUT2D eigenvalue weighted by atomic mass is 35.5. The minimum Gasteiger partial charge on any atom is -0.456 e. The molecule has 2 nitrogen and oxygen atoms in total. The highest BCUT2D eigenvalue weighted by molar-refractivity contribution is 6.32. The van der Waals surface area contributed by atoms with E-state index in [4.69, 9.17) is 33.2 Å². The maximum atomic E-state index is 12.6. The van der Waals surface area contributed by atoms with Crippen LogP contribution in [-0.4, -0.2) is 0 Å². The first-order valence-corrected chi connectivity index (χ1v) is 7.27. The summed E-state index contributed by atoms with van der Waals surface area (Å²) in [6.45, 7) is 0. The molecule has 0 aliphatic rings. The normalized spacial score (nSPS) is 11.1. The Kier molecular flexibility index (Phi) is 5.40. The van der Waals surface area contributed by atoms with Crippen LogP contribution in [0.2, 0.25) is 10.0 Å². The van der Waals surface area contributed by atoms with Crippen LogP contribution in [0, 0.1) is 11.3 Å². The van der Waals surface area contributed by atoms with E-state index in [2.05, 4.69) is 0 Å². The van der Waals surface area contributed by atoms with Gasteiger partial charge in [-0.05, 0) is 48.4 Å². The molecule has 2 rings (SSSR count). The first kappa shape index (κ1) is 17.5. The second-order valence-electron chi connectivity index (χ2n) is 4.66. The molecule has 0 fully saturated rings. The summed E-state index contributed by atoms with van der Waals surface area (Å²) in [5.74, 6) is 0.484. The van der Waals surface area contributed by atoms with E-state index in [1.165, 1.54) is 0 Å². The van der Waals surface area contributed by atoms with Gasteiger partial charge in [-0.15, -0.1) is 0 Å². The topological polar surface area (TPSA) is 33.0 Å². The van der Waals surface area contributed by atoms with Crippen molar-refractivity contribution in [2.75, 3.05) is 0 Å². The summed E-state index contributed by atoms with van der Waals surface area (Å²) >= 11 is 11.9. The first-order chi connectivity index (χ1) is 10.8. The average Bonchev–Trinajstić information content (AvgIpc) is 2.48. The molecule has 0 aromatic heterocycles. The SMILES string of the molecule is N#CCCc1cc(Oc2ccc(C(F)(F)F)cc2Cl)ccc1Cl. The fourth-order valence-corrected chi connectivity index (χ4v) is 2.31.